The van der Waals surface area contributed by atoms with Crippen molar-refractivity contribution in [3.8, 4) is 11.4 Å². The van der Waals surface area contributed by atoms with Gasteiger partial charge in [0.1, 0.15) is 16.4 Å². The van der Waals surface area contributed by atoms with E-state index >= 15 is 0 Å². The molecule has 0 aliphatic carbocycles. The number of nitrogens with zero attached hydrogens (tertiary/aromatic N) is 5. The zero-order chi connectivity index (χ0) is 25.2. The van der Waals surface area contributed by atoms with Crippen LogP contribution in [-0.4, -0.2) is 31.4 Å². The fourth-order valence-corrected chi connectivity index (χ4v) is 4.86. The van der Waals surface area contributed by atoms with Gasteiger partial charge in [0.15, 0.2) is 10.5 Å². The van der Waals surface area contributed by atoms with Gasteiger partial charge in [-0.1, -0.05) is 84.7 Å². The maximum atomic E-state index is 13.5. The molecule has 8 heteroatoms. The topological polar surface area (TPSA) is 71.3 Å². The number of carbonyl (C=O) groups excluding carboxylic acids is 2. The van der Waals surface area contributed by atoms with E-state index < -0.39 is 11.8 Å². The van der Waals surface area contributed by atoms with Crippen LogP contribution in [0.15, 0.2) is 103 Å². The average molecular weight is 494 g/mol. The number of carbonyl (C=O) groups is 2. The summed E-state index contributed by atoms with van der Waals surface area (Å²) in [5, 5.41) is 3.17. The Morgan fingerprint density at radius 3 is 2.31 bits per heavy atom. The molecule has 2 aromatic carbocycles. The summed E-state index contributed by atoms with van der Waals surface area (Å²) in [6.07, 6.45) is 8.70. The number of anilines is 1. The third-order valence-corrected chi connectivity index (χ3v) is 6.55. The van der Waals surface area contributed by atoms with Crippen LogP contribution in [0.2, 0.25) is 0 Å². The number of hydrogen-bond donors (Lipinski definition) is 0. The van der Waals surface area contributed by atoms with Crippen LogP contribution < -0.4 is 5.01 Å². The van der Waals surface area contributed by atoms with E-state index in [4.69, 9.17) is 4.98 Å². The number of amides is 2. The molecule has 36 heavy (non-hydrogen) atoms. The van der Waals surface area contributed by atoms with E-state index in [1.165, 1.54) is 27.4 Å². The Bertz CT molecular complexity index is 1560. The first-order valence-corrected chi connectivity index (χ1v) is 12.1. The summed E-state index contributed by atoms with van der Waals surface area (Å²) in [5.74, 6) is -0.0950. The van der Waals surface area contributed by atoms with Crippen molar-refractivity contribution in [3.63, 3.8) is 0 Å². The summed E-state index contributed by atoms with van der Waals surface area (Å²) in [5.41, 5.74) is 2.64. The van der Waals surface area contributed by atoms with Gasteiger partial charge in [0.05, 0.1) is 11.4 Å². The van der Waals surface area contributed by atoms with Crippen LogP contribution >= 0.6 is 11.3 Å². The van der Waals surface area contributed by atoms with Gasteiger partial charge in [-0.25, -0.2) is 20.0 Å². The Kier molecular flexibility index (Phi) is 6.18. The first-order chi connectivity index (χ1) is 17.5. The van der Waals surface area contributed by atoms with Crippen molar-refractivity contribution in [2.75, 3.05) is 5.01 Å². The third-order valence-electron chi connectivity index (χ3n) is 5.66. The van der Waals surface area contributed by atoms with Crippen LogP contribution in [0.4, 0.5) is 5.69 Å². The molecule has 3 heterocycles. The molecule has 178 valence electrons. The lowest BCUT2D eigenvalue weighted by atomic mass is 10.2. The highest BCUT2D eigenvalue weighted by Crippen LogP contribution is 2.33. The van der Waals surface area contributed by atoms with E-state index in [2.05, 4.69) is 11.6 Å². The van der Waals surface area contributed by atoms with Crippen LogP contribution in [0.5, 0.6) is 0 Å². The molecule has 0 radical (unpaired) electrons. The molecule has 4 aromatic rings. The molecule has 0 N–H and O–H groups in total. The van der Waals surface area contributed by atoms with Crippen molar-refractivity contribution in [2.24, 2.45) is 7.05 Å². The molecule has 0 saturated carbocycles. The summed E-state index contributed by atoms with van der Waals surface area (Å²) in [7, 11) is 1.90. The van der Waals surface area contributed by atoms with Gasteiger partial charge in [0, 0.05) is 12.6 Å². The maximum absolute atomic E-state index is 13.5. The minimum Gasteiger partial charge on any atom is -0.311 e. The van der Waals surface area contributed by atoms with Crippen molar-refractivity contribution in [3.05, 3.63) is 108 Å². The number of fused-ring (bicyclic) bond motifs is 1. The molecule has 2 amide bonds. The van der Waals surface area contributed by atoms with E-state index in [0.717, 1.165) is 16.2 Å². The summed E-state index contributed by atoms with van der Waals surface area (Å²) in [6, 6.07) is 18.9. The Morgan fingerprint density at radius 1 is 0.944 bits per heavy atom. The quantitative estimate of drug-likeness (QED) is 0.202. The van der Waals surface area contributed by atoms with E-state index in [1.54, 1.807) is 24.3 Å². The van der Waals surface area contributed by atoms with Crippen LogP contribution in [0.1, 0.15) is 11.9 Å². The van der Waals surface area contributed by atoms with Gasteiger partial charge in [0.2, 0.25) is 0 Å². The van der Waals surface area contributed by atoms with E-state index in [-0.39, 0.29) is 5.57 Å². The second kappa shape index (κ2) is 9.59. The smallest absolute Gasteiger partial charge is 0.283 e. The number of aryl methyl sites for hydroxylation is 1. The van der Waals surface area contributed by atoms with Crippen molar-refractivity contribution in [2.45, 2.75) is 6.92 Å². The van der Waals surface area contributed by atoms with Crippen molar-refractivity contribution in [1.29, 1.82) is 0 Å². The molecular formula is C28H23N5O2S. The van der Waals surface area contributed by atoms with Crippen molar-refractivity contribution < 1.29 is 9.59 Å². The minimum atomic E-state index is -0.462. The molecule has 0 spiro atoms. The van der Waals surface area contributed by atoms with Crippen molar-refractivity contribution in [1.82, 2.24) is 19.5 Å². The summed E-state index contributed by atoms with van der Waals surface area (Å²) in [6.45, 7) is 5.92. The first-order valence-electron chi connectivity index (χ1n) is 11.3. The lowest BCUT2D eigenvalue weighted by molar-refractivity contribution is -0.123. The van der Waals surface area contributed by atoms with E-state index in [1.807, 2.05) is 79.2 Å². The van der Waals surface area contributed by atoms with E-state index in [9.17, 15) is 9.59 Å². The molecule has 5 rings (SSSR count). The molecule has 1 saturated heterocycles. The number of allylic oxidation sites excluding steroid dienone is 4. The standard InChI is InChI=1S/C28H23N5O2S/c1-4-5-8-13-19(2)32-27(34)22(28(35)33(32)21-16-11-7-12-17-21)18-23-29-25-26(36-23)30-24(31(25)3)20-14-9-6-10-15-20/h4-18H,2H2,1,3H3/b5-4-,13-8-,22-18+. The third kappa shape index (κ3) is 4.08. The van der Waals surface area contributed by atoms with E-state index in [0.29, 0.717) is 22.0 Å². The van der Waals surface area contributed by atoms with Crippen LogP contribution in [0.3, 0.4) is 0 Å². The van der Waals surface area contributed by atoms with Gasteiger partial charge in [-0.15, -0.1) is 0 Å². The summed E-state index contributed by atoms with van der Waals surface area (Å²) >= 11 is 1.33. The molecular weight excluding hydrogens is 470 g/mol. The monoisotopic (exact) mass is 493 g/mol. The molecule has 0 unspecified atom stereocenters. The molecule has 1 aliphatic rings. The predicted molar refractivity (Wildman–Crippen MR) is 144 cm³/mol. The largest absolute Gasteiger partial charge is 0.311 e. The van der Waals surface area contributed by atoms with Gasteiger partial charge in [-0.05, 0) is 31.2 Å². The van der Waals surface area contributed by atoms with Gasteiger partial charge in [-0.2, -0.15) is 0 Å². The number of aromatic nitrogens is 3. The highest BCUT2D eigenvalue weighted by atomic mass is 32.1. The van der Waals surface area contributed by atoms with Gasteiger partial charge in [-0.3, -0.25) is 9.59 Å². The Morgan fingerprint density at radius 2 is 1.64 bits per heavy atom. The number of imidazole rings is 1. The molecule has 0 bridgehead atoms. The van der Waals surface area contributed by atoms with Crippen molar-refractivity contribution >= 4 is 45.4 Å². The molecule has 0 atom stereocenters. The number of thiazole rings is 1. The zero-order valence-electron chi connectivity index (χ0n) is 19.8. The average Bonchev–Trinajstić information content (AvgIpc) is 3.51. The molecule has 1 aliphatic heterocycles. The van der Waals surface area contributed by atoms with Gasteiger partial charge >= 0.3 is 0 Å². The zero-order valence-corrected chi connectivity index (χ0v) is 20.6. The van der Waals surface area contributed by atoms with Crippen LogP contribution in [-0.2, 0) is 16.6 Å². The summed E-state index contributed by atoms with van der Waals surface area (Å²) < 4.78 is 1.91. The fourth-order valence-electron chi connectivity index (χ4n) is 3.95. The highest BCUT2D eigenvalue weighted by molar-refractivity contribution is 7.19. The van der Waals surface area contributed by atoms with Gasteiger partial charge in [0.25, 0.3) is 11.8 Å². The first kappa shape index (κ1) is 23.2. The van der Waals surface area contributed by atoms with Crippen LogP contribution in [0, 0.1) is 0 Å². The Labute approximate surface area is 212 Å². The second-order valence-electron chi connectivity index (χ2n) is 8.05. The number of para-hydroxylation sites is 1. The molecule has 7 nitrogen and oxygen atoms in total. The SMILES string of the molecule is C=C(/C=C\C=C/C)N1C(=O)/C(=C\c2nc3c(nc(-c4ccccc4)n3C)s2)C(=O)N1c1ccccc1. The lowest BCUT2D eigenvalue weighted by Crippen LogP contribution is -2.39. The maximum Gasteiger partial charge on any atom is 0.283 e. The minimum absolute atomic E-state index is 0.0155. The Balaban J connectivity index is 1.54. The normalized spacial score (nSPS) is 15.4. The number of hydrazine groups is 1. The molecule has 1 fully saturated rings. The highest BCUT2D eigenvalue weighted by Gasteiger charge is 2.43. The van der Waals surface area contributed by atoms with Gasteiger partial charge < -0.3 is 4.57 Å². The molecule has 2 aromatic heterocycles. The lowest BCUT2D eigenvalue weighted by Gasteiger charge is -2.27. The Hall–Kier alpha value is -4.56. The second-order valence-corrected chi connectivity index (χ2v) is 9.05. The fraction of sp³-hybridized carbons (Fsp3) is 0.0714. The number of rotatable bonds is 6. The summed E-state index contributed by atoms with van der Waals surface area (Å²) in [4.78, 5) is 37.1. The predicted octanol–water partition coefficient (Wildman–Crippen LogP) is 5.52. The number of benzene rings is 2. The number of hydrogen-bond acceptors (Lipinski definition) is 5. The van der Waals surface area contributed by atoms with Crippen LogP contribution in [0.25, 0.3) is 27.9 Å².